The summed E-state index contributed by atoms with van der Waals surface area (Å²) in [6, 6.07) is 0.745. The molecule has 0 radical (unpaired) electrons. The van der Waals surface area contributed by atoms with Crippen LogP contribution in [-0.4, -0.2) is 39.5 Å². The third-order valence-electron chi connectivity index (χ3n) is 2.69. The molecule has 0 spiro atoms. The van der Waals surface area contributed by atoms with Crippen LogP contribution in [0.4, 0.5) is 0 Å². The summed E-state index contributed by atoms with van der Waals surface area (Å²) in [5.74, 6) is 0. The van der Waals surface area contributed by atoms with E-state index >= 15 is 0 Å². The molecule has 0 aromatic rings. The maximum Gasteiger partial charge on any atom is 0.0700 e. The second kappa shape index (κ2) is 8.21. The van der Waals surface area contributed by atoms with Gasteiger partial charge in [0.1, 0.15) is 0 Å². The van der Waals surface area contributed by atoms with Gasteiger partial charge in [0.05, 0.1) is 13.2 Å². The van der Waals surface area contributed by atoms with E-state index in [1.54, 1.807) is 7.11 Å². The predicted molar refractivity (Wildman–Crippen MR) is 57.6 cm³/mol. The van der Waals surface area contributed by atoms with Crippen LogP contribution in [0.5, 0.6) is 0 Å². The van der Waals surface area contributed by atoms with Gasteiger partial charge in [-0.25, -0.2) is 0 Å². The van der Waals surface area contributed by atoms with Gasteiger partial charge in [0.15, 0.2) is 0 Å². The Morgan fingerprint density at radius 1 is 1.21 bits per heavy atom. The van der Waals surface area contributed by atoms with E-state index in [0.717, 1.165) is 19.3 Å². The van der Waals surface area contributed by atoms with E-state index in [4.69, 9.17) is 9.47 Å². The zero-order valence-corrected chi connectivity index (χ0v) is 9.26. The van der Waals surface area contributed by atoms with Gasteiger partial charge in [-0.1, -0.05) is 6.42 Å². The van der Waals surface area contributed by atoms with E-state index in [2.05, 4.69) is 5.32 Å². The molecule has 1 fully saturated rings. The van der Waals surface area contributed by atoms with Crippen LogP contribution in [0.2, 0.25) is 0 Å². The fourth-order valence-electron chi connectivity index (χ4n) is 1.85. The number of ether oxygens (including phenoxy) is 2. The number of piperidine rings is 1. The molecule has 14 heavy (non-hydrogen) atoms. The zero-order chi connectivity index (χ0) is 10.1. The molecule has 0 aromatic carbocycles. The van der Waals surface area contributed by atoms with Gasteiger partial charge in [-0.05, 0) is 32.2 Å². The van der Waals surface area contributed by atoms with Gasteiger partial charge in [-0.15, -0.1) is 0 Å². The Bertz CT molecular complexity index is 124. The Kier molecular flexibility index (Phi) is 7.01. The zero-order valence-electron chi connectivity index (χ0n) is 9.26. The summed E-state index contributed by atoms with van der Waals surface area (Å²) in [6.45, 7) is 3.52. The molecule has 0 aliphatic carbocycles. The summed E-state index contributed by atoms with van der Waals surface area (Å²) in [6.07, 6.45) is 6.51. The standard InChI is InChI=1S/C11H23NO2/c1-13-9-10-14-8-4-6-11-5-2-3-7-12-11/h11-12H,2-10H2,1H3. The average molecular weight is 201 g/mol. The molecule has 1 rings (SSSR count). The van der Waals surface area contributed by atoms with E-state index in [0.29, 0.717) is 6.61 Å². The minimum atomic E-state index is 0.710. The molecule has 1 atom stereocenters. The van der Waals surface area contributed by atoms with Gasteiger partial charge in [0.25, 0.3) is 0 Å². The van der Waals surface area contributed by atoms with Crippen LogP contribution in [0.25, 0.3) is 0 Å². The summed E-state index contributed by atoms with van der Waals surface area (Å²) in [4.78, 5) is 0. The fraction of sp³-hybridized carbons (Fsp3) is 1.00. The molecule has 0 aromatic heterocycles. The SMILES string of the molecule is COCCOCCCC1CCCCN1. The molecule has 0 bridgehead atoms. The van der Waals surface area contributed by atoms with Crippen molar-refractivity contribution in [3.05, 3.63) is 0 Å². The first-order valence-corrected chi connectivity index (χ1v) is 5.73. The summed E-state index contributed by atoms with van der Waals surface area (Å²) in [5.41, 5.74) is 0. The lowest BCUT2D eigenvalue weighted by Crippen LogP contribution is -2.34. The average Bonchev–Trinajstić information content (AvgIpc) is 2.25. The maximum atomic E-state index is 5.41. The van der Waals surface area contributed by atoms with Crippen molar-refractivity contribution in [1.29, 1.82) is 0 Å². The fourth-order valence-corrected chi connectivity index (χ4v) is 1.85. The minimum absolute atomic E-state index is 0.710. The van der Waals surface area contributed by atoms with Crippen LogP contribution in [-0.2, 0) is 9.47 Å². The van der Waals surface area contributed by atoms with Crippen molar-refractivity contribution in [3.63, 3.8) is 0 Å². The molecule has 1 heterocycles. The highest BCUT2D eigenvalue weighted by molar-refractivity contribution is 4.71. The smallest absolute Gasteiger partial charge is 0.0700 e. The van der Waals surface area contributed by atoms with Crippen LogP contribution in [0.3, 0.4) is 0 Å². The maximum absolute atomic E-state index is 5.41. The summed E-state index contributed by atoms with van der Waals surface area (Å²) in [7, 11) is 1.70. The Balaban J connectivity index is 1.82. The van der Waals surface area contributed by atoms with Crippen molar-refractivity contribution >= 4 is 0 Å². The molecular formula is C11H23NO2. The molecule has 1 N–H and O–H groups in total. The lowest BCUT2D eigenvalue weighted by molar-refractivity contribution is 0.0674. The van der Waals surface area contributed by atoms with Gasteiger partial charge in [-0.2, -0.15) is 0 Å². The van der Waals surface area contributed by atoms with Crippen molar-refractivity contribution in [3.8, 4) is 0 Å². The second-order valence-corrected chi connectivity index (χ2v) is 3.89. The van der Waals surface area contributed by atoms with Crippen molar-refractivity contribution in [1.82, 2.24) is 5.32 Å². The Morgan fingerprint density at radius 2 is 2.14 bits per heavy atom. The molecule has 3 heteroatoms. The molecule has 84 valence electrons. The number of methoxy groups -OCH3 is 1. The molecule has 1 aliphatic rings. The molecule has 1 saturated heterocycles. The monoisotopic (exact) mass is 201 g/mol. The van der Waals surface area contributed by atoms with Crippen molar-refractivity contribution in [2.45, 2.75) is 38.1 Å². The van der Waals surface area contributed by atoms with E-state index < -0.39 is 0 Å². The Hall–Kier alpha value is -0.120. The van der Waals surface area contributed by atoms with E-state index in [1.807, 2.05) is 0 Å². The minimum Gasteiger partial charge on any atom is -0.382 e. The van der Waals surface area contributed by atoms with Crippen LogP contribution < -0.4 is 5.32 Å². The normalized spacial score (nSPS) is 22.5. The number of hydrogen-bond acceptors (Lipinski definition) is 3. The Morgan fingerprint density at radius 3 is 2.86 bits per heavy atom. The van der Waals surface area contributed by atoms with Gasteiger partial charge in [0.2, 0.25) is 0 Å². The van der Waals surface area contributed by atoms with E-state index in [1.165, 1.54) is 38.6 Å². The van der Waals surface area contributed by atoms with Gasteiger partial charge >= 0.3 is 0 Å². The third-order valence-corrected chi connectivity index (χ3v) is 2.69. The van der Waals surface area contributed by atoms with Crippen LogP contribution >= 0.6 is 0 Å². The van der Waals surface area contributed by atoms with E-state index in [-0.39, 0.29) is 0 Å². The van der Waals surface area contributed by atoms with Crippen molar-refractivity contribution < 1.29 is 9.47 Å². The molecule has 3 nitrogen and oxygen atoms in total. The van der Waals surface area contributed by atoms with Crippen molar-refractivity contribution in [2.24, 2.45) is 0 Å². The third kappa shape index (κ3) is 5.58. The first-order chi connectivity index (χ1) is 6.93. The summed E-state index contributed by atoms with van der Waals surface area (Å²) in [5, 5.41) is 3.54. The molecular weight excluding hydrogens is 178 g/mol. The Labute approximate surface area is 87.2 Å². The number of hydrogen-bond donors (Lipinski definition) is 1. The van der Waals surface area contributed by atoms with Gasteiger partial charge in [0, 0.05) is 19.8 Å². The highest BCUT2D eigenvalue weighted by Gasteiger charge is 2.11. The largest absolute Gasteiger partial charge is 0.382 e. The van der Waals surface area contributed by atoms with Gasteiger partial charge < -0.3 is 14.8 Å². The molecule has 0 saturated carbocycles. The lowest BCUT2D eigenvalue weighted by atomic mass is 10.0. The second-order valence-electron chi connectivity index (χ2n) is 3.89. The van der Waals surface area contributed by atoms with Crippen molar-refractivity contribution in [2.75, 3.05) is 33.5 Å². The highest BCUT2D eigenvalue weighted by atomic mass is 16.5. The lowest BCUT2D eigenvalue weighted by Gasteiger charge is -2.23. The van der Waals surface area contributed by atoms with Crippen LogP contribution in [0.15, 0.2) is 0 Å². The quantitative estimate of drug-likeness (QED) is 0.634. The molecule has 1 unspecified atom stereocenters. The van der Waals surface area contributed by atoms with Crippen LogP contribution in [0.1, 0.15) is 32.1 Å². The first kappa shape index (κ1) is 12.0. The predicted octanol–water partition coefficient (Wildman–Crippen LogP) is 1.57. The van der Waals surface area contributed by atoms with Gasteiger partial charge in [-0.3, -0.25) is 0 Å². The number of nitrogens with one attached hydrogen (secondary N) is 1. The summed E-state index contributed by atoms with van der Waals surface area (Å²) >= 11 is 0. The molecule has 1 aliphatic heterocycles. The number of rotatable bonds is 7. The first-order valence-electron chi connectivity index (χ1n) is 5.73. The topological polar surface area (TPSA) is 30.5 Å². The van der Waals surface area contributed by atoms with Crippen LogP contribution in [0, 0.1) is 0 Å². The highest BCUT2D eigenvalue weighted by Crippen LogP contribution is 2.11. The summed E-state index contributed by atoms with van der Waals surface area (Å²) < 4.78 is 10.3. The molecule has 0 amide bonds. The van der Waals surface area contributed by atoms with E-state index in [9.17, 15) is 0 Å².